The Morgan fingerprint density at radius 1 is 0.808 bits per heavy atom. The highest BCUT2D eigenvalue weighted by Gasteiger charge is 2.09. The van der Waals surface area contributed by atoms with Crippen LogP contribution in [0, 0.1) is 0 Å². The minimum Gasteiger partial charge on any atom is -0.320 e. The topological polar surface area (TPSA) is 17.8 Å². The second-order valence-electron chi connectivity index (χ2n) is 6.03. The number of benzene rings is 3. The maximum atomic E-state index is 6.26. The molecule has 0 saturated heterocycles. The minimum atomic E-state index is 0.722. The molecule has 1 heterocycles. The van der Waals surface area contributed by atoms with Crippen molar-refractivity contribution in [3.63, 3.8) is 0 Å². The van der Waals surface area contributed by atoms with Crippen molar-refractivity contribution < 1.29 is 0 Å². The van der Waals surface area contributed by atoms with Crippen LogP contribution in [-0.4, -0.2) is 9.55 Å². The summed E-state index contributed by atoms with van der Waals surface area (Å²) in [6.07, 6.45) is 4.01. The van der Waals surface area contributed by atoms with Gasteiger partial charge in [0.15, 0.2) is 0 Å². The number of imidazole rings is 1. The van der Waals surface area contributed by atoms with Gasteiger partial charge in [0, 0.05) is 16.6 Å². The molecule has 26 heavy (non-hydrogen) atoms. The van der Waals surface area contributed by atoms with Gasteiger partial charge in [0.2, 0.25) is 0 Å². The molecule has 2 nitrogen and oxygen atoms in total. The van der Waals surface area contributed by atoms with Crippen LogP contribution in [0.2, 0.25) is 10.0 Å². The number of para-hydroxylation sites is 2. The predicted octanol–water partition coefficient (Wildman–Crippen LogP) is 6.56. The smallest absolute Gasteiger partial charge is 0.134 e. The zero-order chi connectivity index (χ0) is 17.9. The molecule has 0 aliphatic rings. The summed E-state index contributed by atoms with van der Waals surface area (Å²) in [5, 5.41) is 1.46. The van der Waals surface area contributed by atoms with Gasteiger partial charge in [-0.05, 0) is 53.6 Å². The van der Waals surface area contributed by atoms with Gasteiger partial charge in [-0.25, -0.2) is 4.98 Å². The average molecular weight is 379 g/mol. The number of fused-ring (bicyclic) bond motifs is 1. The zero-order valence-electron chi connectivity index (χ0n) is 13.9. The lowest BCUT2D eigenvalue weighted by molar-refractivity contribution is 0.814. The average Bonchev–Trinajstić information content (AvgIpc) is 3.00. The fourth-order valence-corrected chi connectivity index (χ4v) is 3.26. The van der Waals surface area contributed by atoms with Crippen molar-refractivity contribution >= 4 is 46.4 Å². The normalized spacial score (nSPS) is 11.5. The van der Waals surface area contributed by atoms with Crippen LogP contribution in [0.3, 0.4) is 0 Å². The highest BCUT2D eigenvalue weighted by molar-refractivity contribution is 6.32. The van der Waals surface area contributed by atoms with Crippen LogP contribution in [0.4, 0.5) is 0 Å². The molecule has 4 rings (SSSR count). The maximum absolute atomic E-state index is 6.26. The molecular formula is C22H16Cl2N2. The van der Waals surface area contributed by atoms with Gasteiger partial charge in [0.1, 0.15) is 5.82 Å². The molecule has 0 radical (unpaired) electrons. The highest BCUT2D eigenvalue weighted by atomic mass is 35.5. The van der Waals surface area contributed by atoms with E-state index in [0.717, 1.165) is 39.0 Å². The number of hydrogen-bond acceptors (Lipinski definition) is 1. The van der Waals surface area contributed by atoms with Crippen LogP contribution in [0.25, 0.3) is 23.2 Å². The quantitative estimate of drug-likeness (QED) is 0.393. The van der Waals surface area contributed by atoms with Crippen molar-refractivity contribution in [3.05, 3.63) is 99.8 Å². The molecule has 0 aliphatic heterocycles. The zero-order valence-corrected chi connectivity index (χ0v) is 15.5. The first-order valence-electron chi connectivity index (χ1n) is 8.33. The van der Waals surface area contributed by atoms with E-state index in [-0.39, 0.29) is 0 Å². The third-order valence-electron chi connectivity index (χ3n) is 4.26. The van der Waals surface area contributed by atoms with Gasteiger partial charge in [-0.3, -0.25) is 0 Å². The van der Waals surface area contributed by atoms with Crippen LogP contribution in [0.5, 0.6) is 0 Å². The minimum absolute atomic E-state index is 0.722. The first-order valence-corrected chi connectivity index (χ1v) is 9.08. The van der Waals surface area contributed by atoms with Crippen molar-refractivity contribution in [2.24, 2.45) is 0 Å². The summed E-state index contributed by atoms with van der Waals surface area (Å²) in [6.45, 7) is 0.722. The van der Waals surface area contributed by atoms with Crippen LogP contribution in [0.15, 0.2) is 72.8 Å². The second-order valence-corrected chi connectivity index (χ2v) is 6.87. The lowest BCUT2D eigenvalue weighted by atomic mass is 10.2. The van der Waals surface area contributed by atoms with Gasteiger partial charge in [-0.15, -0.1) is 0 Å². The molecule has 3 aromatic carbocycles. The number of aromatic nitrogens is 2. The summed E-state index contributed by atoms with van der Waals surface area (Å²) in [5.41, 5.74) is 4.21. The molecule has 128 valence electrons. The van der Waals surface area contributed by atoms with Gasteiger partial charge < -0.3 is 4.57 Å². The fraction of sp³-hybridized carbons (Fsp3) is 0.0455. The summed E-state index contributed by atoms with van der Waals surface area (Å²) in [5.74, 6) is 0.890. The standard InChI is InChI=1S/C22H16Cl2N2/c23-18-12-9-16(10-13-18)15-26-21-8-4-3-7-20(21)25-22(26)14-11-17-5-1-2-6-19(17)24/h1-14H,15H2. The highest BCUT2D eigenvalue weighted by Crippen LogP contribution is 2.22. The SMILES string of the molecule is Clc1ccc(Cn2c(C=Cc3ccccc3Cl)nc3ccccc32)cc1. The number of halogens is 2. The lowest BCUT2D eigenvalue weighted by Crippen LogP contribution is -2.02. The number of hydrogen-bond donors (Lipinski definition) is 0. The van der Waals surface area contributed by atoms with Crippen LogP contribution < -0.4 is 0 Å². The Bertz CT molecular complexity index is 1080. The third-order valence-corrected chi connectivity index (χ3v) is 4.85. The van der Waals surface area contributed by atoms with E-state index >= 15 is 0 Å². The molecule has 4 aromatic rings. The molecule has 0 spiro atoms. The van der Waals surface area contributed by atoms with Crippen molar-refractivity contribution in [2.45, 2.75) is 6.54 Å². The van der Waals surface area contributed by atoms with Crippen LogP contribution in [0.1, 0.15) is 17.0 Å². The number of nitrogens with zero attached hydrogens (tertiary/aromatic N) is 2. The second kappa shape index (κ2) is 7.36. The maximum Gasteiger partial charge on any atom is 0.134 e. The lowest BCUT2D eigenvalue weighted by Gasteiger charge is -2.08. The Kier molecular flexibility index (Phi) is 4.79. The van der Waals surface area contributed by atoms with Crippen LogP contribution in [-0.2, 0) is 6.54 Å². The summed E-state index contributed by atoms with van der Waals surface area (Å²) in [4.78, 5) is 4.78. The monoisotopic (exact) mass is 378 g/mol. The van der Waals surface area contributed by atoms with Gasteiger partial charge in [0.25, 0.3) is 0 Å². The van der Waals surface area contributed by atoms with E-state index in [4.69, 9.17) is 28.2 Å². The summed E-state index contributed by atoms with van der Waals surface area (Å²) in [6, 6.07) is 23.8. The molecule has 0 N–H and O–H groups in total. The van der Waals surface area contributed by atoms with Crippen molar-refractivity contribution in [3.8, 4) is 0 Å². The van der Waals surface area contributed by atoms with Gasteiger partial charge in [-0.2, -0.15) is 0 Å². The molecule has 0 aliphatic carbocycles. The Morgan fingerprint density at radius 3 is 2.35 bits per heavy atom. The number of rotatable bonds is 4. The molecule has 0 bridgehead atoms. The Balaban J connectivity index is 1.76. The van der Waals surface area contributed by atoms with E-state index in [0.29, 0.717) is 0 Å². The van der Waals surface area contributed by atoms with Gasteiger partial charge in [-0.1, -0.05) is 65.7 Å². The van der Waals surface area contributed by atoms with E-state index in [1.807, 2.05) is 78.9 Å². The molecule has 1 aromatic heterocycles. The molecule has 4 heteroatoms. The van der Waals surface area contributed by atoms with Crippen molar-refractivity contribution in [1.82, 2.24) is 9.55 Å². The molecular weight excluding hydrogens is 363 g/mol. The molecule has 0 saturated carbocycles. The molecule has 0 unspecified atom stereocenters. The van der Waals surface area contributed by atoms with E-state index in [1.54, 1.807) is 0 Å². The van der Waals surface area contributed by atoms with Gasteiger partial charge >= 0.3 is 0 Å². The summed E-state index contributed by atoms with van der Waals surface area (Å²) in [7, 11) is 0. The third kappa shape index (κ3) is 3.52. The molecule has 0 amide bonds. The van der Waals surface area contributed by atoms with E-state index in [2.05, 4.69) is 10.6 Å². The van der Waals surface area contributed by atoms with E-state index < -0.39 is 0 Å². The first kappa shape index (κ1) is 16.9. The van der Waals surface area contributed by atoms with E-state index in [1.165, 1.54) is 5.56 Å². The fourth-order valence-electron chi connectivity index (χ4n) is 2.93. The Morgan fingerprint density at radius 2 is 1.54 bits per heavy atom. The van der Waals surface area contributed by atoms with Gasteiger partial charge in [0.05, 0.1) is 11.0 Å². The largest absolute Gasteiger partial charge is 0.320 e. The molecule has 0 fully saturated rings. The van der Waals surface area contributed by atoms with Crippen LogP contribution >= 0.6 is 23.2 Å². The predicted molar refractivity (Wildman–Crippen MR) is 111 cm³/mol. The summed E-state index contributed by atoms with van der Waals surface area (Å²) >= 11 is 12.3. The Hall–Kier alpha value is -2.55. The van der Waals surface area contributed by atoms with E-state index in [9.17, 15) is 0 Å². The van der Waals surface area contributed by atoms with Crippen molar-refractivity contribution in [1.29, 1.82) is 0 Å². The van der Waals surface area contributed by atoms with Crippen molar-refractivity contribution in [2.75, 3.05) is 0 Å². The molecule has 0 atom stereocenters. The summed E-state index contributed by atoms with van der Waals surface area (Å²) < 4.78 is 2.20. The Labute approximate surface area is 162 Å². The first-order chi connectivity index (χ1) is 12.7.